The minimum absolute atomic E-state index is 0.00968. The molecule has 1 N–H and O–H groups in total. The topological polar surface area (TPSA) is 59.4 Å². The third kappa shape index (κ3) is 1.94. The number of hydrogen-bond acceptors (Lipinski definition) is 3. The number of pyridine rings is 1. The van der Waals surface area contributed by atoms with Crippen molar-refractivity contribution in [2.75, 3.05) is 0 Å². The molecule has 3 rings (SSSR count). The average molecular weight is 275 g/mol. The van der Waals surface area contributed by atoms with Crippen molar-refractivity contribution in [2.45, 2.75) is 32.5 Å². The molecule has 5 heteroatoms. The Kier molecular flexibility index (Phi) is 2.94. The molecule has 1 aliphatic heterocycles. The van der Waals surface area contributed by atoms with Gasteiger partial charge in [-0.05, 0) is 32.0 Å². The molecule has 0 saturated heterocycles. The molecule has 0 fully saturated rings. The zero-order chi connectivity index (χ0) is 14.4. The summed E-state index contributed by atoms with van der Waals surface area (Å²) in [5.74, 6) is -1.55. The molecule has 1 aromatic heterocycles. The third-order valence-electron chi connectivity index (χ3n) is 3.60. The normalized spacial score (nSPS) is 21.8. The first-order chi connectivity index (χ1) is 9.47. The fourth-order valence-electron chi connectivity index (χ4n) is 2.86. The summed E-state index contributed by atoms with van der Waals surface area (Å²) < 4.78 is 19.1. The van der Waals surface area contributed by atoms with E-state index < -0.39 is 11.8 Å². The Morgan fingerprint density at radius 2 is 2.20 bits per heavy atom. The number of hydrogen-bond donors (Lipinski definition) is 1. The van der Waals surface area contributed by atoms with Crippen LogP contribution in [0, 0.1) is 5.82 Å². The lowest BCUT2D eigenvalue weighted by Gasteiger charge is -2.29. The molecule has 0 bridgehead atoms. The smallest absolute Gasteiger partial charge is 0.336 e. The standard InChI is InChI=1S/C15H14FNO3/c1-7-5-12-13(8(2)20-7)14(15(18)19)10-6-9(16)3-4-11(10)17-12/h3-4,6-8H,5H2,1-2H3,(H,18,19). The lowest BCUT2D eigenvalue weighted by atomic mass is 9.92. The van der Waals surface area contributed by atoms with Crippen LogP contribution in [-0.2, 0) is 11.2 Å². The number of carboxylic acids is 1. The van der Waals surface area contributed by atoms with E-state index in [4.69, 9.17) is 4.74 Å². The van der Waals surface area contributed by atoms with Gasteiger partial charge < -0.3 is 9.84 Å². The van der Waals surface area contributed by atoms with Gasteiger partial charge in [0.1, 0.15) is 5.82 Å². The van der Waals surface area contributed by atoms with Crippen molar-refractivity contribution >= 4 is 16.9 Å². The van der Waals surface area contributed by atoms with E-state index in [0.29, 0.717) is 22.9 Å². The SMILES string of the molecule is CC1Cc2nc3ccc(F)cc3c(C(=O)O)c2C(C)O1. The van der Waals surface area contributed by atoms with Crippen LogP contribution >= 0.6 is 0 Å². The van der Waals surface area contributed by atoms with Gasteiger partial charge in [0, 0.05) is 17.4 Å². The maximum Gasteiger partial charge on any atom is 0.336 e. The van der Waals surface area contributed by atoms with E-state index in [-0.39, 0.29) is 17.8 Å². The zero-order valence-corrected chi connectivity index (χ0v) is 11.2. The number of rotatable bonds is 1. The van der Waals surface area contributed by atoms with Gasteiger partial charge in [0.15, 0.2) is 0 Å². The highest BCUT2D eigenvalue weighted by Crippen LogP contribution is 2.35. The summed E-state index contributed by atoms with van der Waals surface area (Å²) in [7, 11) is 0. The molecule has 20 heavy (non-hydrogen) atoms. The Bertz CT molecular complexity index is 714. The van der Waals surface area contributed by atoms with Crippen LogP contribution in [0.1, 0.15) is 41.6 Å². The second-order valence-corrected chi connectivity index (χ2v) is 5.11. The Morgan fingerprint density at radius 1 is 1.45 bits per heavy atom. The first kappa shape index (κ1) is 13.0. The fourth-order valence-corrected chi connectivity index (χ4v) is 2.86. The van der Waals surface area contributed by atoms with Crippen molar-refractivity contribution in [3.63, 3.8) is 0 Å². The molecule has 0 amide bonds. The van der Waals surface area contributed by atoms with E-state index in [9.17, 15) is 14.3 Å². The van der Waals surface area contributed by atoms with E-state index in [2.05, 4.69) is 4.98 Å². The largest absolute Gasteiger partial charge is 0.478 e. The molecule has 0 aliphatic carbocycles. The van der Waals surface area contributed by atoms with Crippen LogP contribution in [0.2, 0.25) is 0 Å². The van der Waals surface area contributed by atoms with Crippen molar-refractivity contribution in [1.82, 2.24) is 4.98 Å². The van der Waals surface area contributed by atoms with Gasteiger partial charge >= 0.3 is 5.97 Å². The summed E-state index contributed by atoms with van der Waals surface area (Å²) in [6.07, 6.45) is 0.192. The number of halogens is 1. The third-order valence-corrected chi connectivity index (χ3v) is 3.60. The summed E-state index contributed by atoms with van der Waals surface area (Å²) in [5, 5.41) is 9.83. The molecule has 1 aliphatic rings. The van der Waals surface area contributed by atoms with Crippen molar-refractivity contribution < 1.29 is 19.0 Å². The molecule has 2 heterocycles. The van der Waals surface area contributed by atoms with E-state index in [1.165, 1.54) is 18.2 Å². The predicted octanol–water partition coefficient (Wildman–Crippen LogP) is 3.09. The van der Waals surface area contributed by atoms with E-state index in [1.807, 2.05) is 6.92 Å². The lowest BCUT2D eigenvalue weighted by Crippen LogP contribution is -2.26. The predicted molar refractivity (Wildman–Crippen MR) is 71.3 cm³/mol. The number of ether oxygens (including phenoxy) is 1. The van der Waals surface area contributed by atoms with Crippen LogP contribution in [0.3, 0.4) is 0 Å². The van der Waals surface area contributed by atoms with Gasteiger partial charge in [-0.15, -0.1) is 0 Å². The summed E-state index contributed by atoms with van der Waals surface area (Å²) in [6, 6.07) is 4.03. The molecule has 1 aromatic carbocycles. The van der Waals surface area contributed by atoms with Crippen molar-refractivity contribution in [2.24, 2.45) is 0 Å². The molecule has 104 valence electrons. The monoisotopic (exact) mass is 275 g/mol. The van der Waals surface area contributed by atoms with Crippen LogP contribution < -0.4 is 0 Å². The number of carbonyl (C=O) groups is 1. The molecule has 4 nitrogen and oxygen atoms in total. The summed E-state index contributed by atoms with van der Waals surface area (Å²) in [6.45, 7) is 3.73. The van der Waals surface area contributed by atoms with E-state index >= 15 is 0 Å². The molecule has 0 saturated carbocycles. The molecular formula is C15H14FNO3. The highest BCUT2D eigenvalue weighted by Gasteiger charge is 2.30. The molecule has 0 spiro atoms. The average Bonchev–Trinajstić information content (AvgIpc) is 2.36. The Labute approximate surface area is 115 Å². The van der Waals surface area contributed by atoms with Gasteiger partial charge in [-0.1, -0.05) is 0 Å². The van der Waals surface area contributed by atoms with Crippen LogP contribution in [0.4, 0.5) is 4.39 Å². The fraction of sp³-hybridized carbons (Fsp3) is 0.333. The van der Waals surface area contributed by atoms with Crippen molar-refractivity contribution in [3.05, 3.63) is 40.8 Å². The molecule has 2 aromatic rings. The number of nitrogens with zero attached hydrogens (tertiary/aromatic N) is 1. The highest BCUT2D eigenvalue weighted by atomic mass is 19.1. The summed E-state index contributed by atoms with van der Waals surface area (Å²) >= 11 is 0. The van der Waals surface area contributed by atoms with Gasteiger partial charge in [-0.3, -0.25) is 4.98 Å². The highest BCUT2D eigenvalue weighted by molar-refractivity contribution is 6.04. The number of fused-ring (bicyclic) bond motifs is 2. The number of aromatic carboxylic acids is 1. The molecular weight excluding hydrogens is 261 g/mol. The van der Waals surface area contributed by atoms with Crippen LogP contribution in [0.5, 0.6) is 0 Å². The molecule has 2 atom stereocenters. The Morgan fingerprint density at radius 3 is 2.90 bits per heavy atom. The Hall–Kier alpha value is -2.01. The van der Waals surface area contributed by atoms with Crippen molar-refractivity contribution in [1.29, 1.82) is 0 Å². The van der Waals surface area contributed by atoms with Crippen molar-refractivity contribution in [3.8, 4) is 0 Å². The van der Waals surface area contributed by atoms with Crippen LogP contribution in [0.15, 0.2) is 18.2 Å². The molecule has 0 radical (unpaired) electrons. The molecule has 2 unspecified atom stereocenters. The number of carboxylic acid groups (broad SMARTS) is 1. The van der Waals surface area contributed by atoms with Gasteiger partial charge in [0.2, 0.25) is 0 Å². The summed E-state index contributed by atoms with van der Waals surface area (Å²) in [4.78, 5) is 16.1. The second kappa shape index (κ2) is 4.52. The van der Waals surface area contributed by atoms with Gasteiger partial charge in [0.25, 0.3) is 0 Å². The number of aromatic nitrogens is 1. The quantitative estimate of drug-likeness (QED) is 0.868. The van der Waals surface area contributed by atoms with Gasteiger partial charge in [0.05, 0.1) is 29.0 Å². The van der Waals surface area contributed by atoms with E-state index in [1.54, 1.807) is 6.92 Å². The lowest BCUT2D eigenvalue weighted by molar-refractivity contribution is -0.00661. The van der Waals surface area contributed by atoms with E-state index in [0.717, 1.165) is 5.69 Å². The first-order valence-electron chi connectivity index (χ1n) is 6.48. The van der Waals surface area contributed by atoms with Crippen LogP contribution in [-0.4, -0.2) is 22.2 Å². The number of benzene rings is 1. The Balaban J connectivity index is 2.40. The minimum atomic E-state index is -1.08. The van der Waals surface area contributed by atoms with Crippen LogP contribution in [0.25, 0.3) is 10.9 Å². The first-order valence-corrected chi connectivity index (χ1v) is 6.48. The van der Waals surface area contributed by atoms with Gasteiger partial charge in [-0.2, -0.15) is 0 Å². The maximum absolute atomic E-state index is 13.4. The summed E-state index contributed by atoms with van der Waals surface area (Å²) in [5.41, 5.74) is 1.90. The minimum Gasteiger partial charge on any atom is -0.478 e. The second-order valence-electron chi connectivity index (χ2n) is 5.11. The zero-order valence-electron chi connectivity index (χ0n) is 11.2. The van der Waals surface area contributed by atoms with Gasteiger partial charge in [-0.25, -0.2) is 9.18 Å². The maximum atomic E-state index is 13.4.